The Morgan fingerprint density at radius 2 is 1.89 bits per heavy atom. The second-order valence-corrected chi connectivity index (χ2v) is 14.7. The molecule has 0 aliphatic carbocycles. The van der Waals surface area contributed by atoms with Crippen LogP contribution in [0.1, 0.15) is 80.8 Å². The van der Waals surface area contributed by atoms with Gasteiger partial charge in [-0.1, -0.05) is 67.6 Å². The van der Waals surface area contributed by atoms with Gasteiger partial charge >= 0.3 is 5.97 Å². The topological polar surface area (TPSA) is 117 Å². The molecule has 11 heteroatoms. The van der Waals surface area contributed by atoms with Crippen LogP contribution in [0.3, 0.4) is 0 Å². The molecule has 4 aromatic rings. The third kappa shape index (κ3) is 7.90. The summed E-state index contributed by atoms with van der Waals surface area (Å²) < 4.78 is 43.0. The lowest BCUT2D eigenvalue weighted by molar-refractivity contribution is -0.157. The number of hydrogen-bond acceptors (Lipinski definition) is 8. The largest absolute Gasteiger partial charge is 0.472 e. The van der Waals surface area contributed by atoms with E-state index in [-0.39, 0.29) is 48.5 Å². The highest BCUT2D eigenvalue weighted by Crippen LogP contribution is 2.41. The highest BCUT2D eigenvalue weighted by atomic mass is 32.2. The number of benzene rings is 2. The zero-order valence-electron chi connectivity index (χ0n) is 27.9. The predicted molar refractivity (Wildman–Crippen MR) is 179 cm³/mol. The van der Waals surface area contributed by atoms with E-state index in [9.17, 15) is 13.2 Å². The van der Waals surface area contributed by atoms with Crippen LogP contribution in [0.25, 0.3) is 0 Å². The van der Waals surface area contributed by atoms with E-state index in [1.165, 1.54) is 4.31 Å². The fraction of sp³-hybridized carbons (Fsp3) is 0.444. The number of nitrogens with zero attached hydrogens (tertiary/aromatic N) is 5. The lowest BCUT2D eigenvalue weighted by atomic mass is 9.72. The van der Waals surface area contributed by atoms with E-state index < -0.39 is 15.4 Å². The van der Waals surface area contributed by atoms with Gasteiger partial charge in [-0.3, -0.25) is 9.48 Å². The first kappa shape index (κ1) is 34.3. The first-order valence-electron chi connectivity index (χ1n) is 16.3. The average Bonchev–Trinajstić information content (AvgIpc) is 3.47. The molecule has 250 valence electrons. The molecule has 2 aromatic heterocycles. The summed E-state index contributed by atoms with van der Waals surface area (Å²) in [5, 5.41) is 8.63. The minimum absolute atomic E-state index is 0.0704. The van der Waals surface area contributed by atoms with Gasteiger partial charge in [0, 0.05) is 25.5 Å². The molecule has 1 aliphatic rings. The number of hydrogen-bond donors (Lipinski definition) is 0. The Balaban J connectivity index is 1.46. The van der Waals surface area contributed by atoms with Crippen molar-refractivity contribution >= 4 is 16.0 Å². The standard InChI is InChI=1S/C36H45N5O5S/c1-6-20-40-23-30(38-39-40)17-18-32(36(4,5)35(42)45-25-27-12-9-8-10-13-27)28-16-15-26(3)29(21-28)22-41-24-31(7-2)46-34-33(47(41,43)44)14-11-19-37-34/h8-16,19,21,23,31-32H,6-7,17-18,20,22,24-25H2,1-5H3/t31-,32-/m1/s1. The number of sulfonamides is 1. The number of rotatable bonds is 13. The summed E-state index contributed by atoms with van der Waals surface area (Å²) in [5.41, 5.74) is 3.63. The quantitative estimate of drug-likeness (QED) is 0.155. The third-order valence-corrected chi connectivity index (χ3v) is 10.8. The normalized spacial score (nSPS) is 16.9. The number of esters is 1. The van der Waals surface area contributed by atoms with Gasteiger partial charge in [0.05, 0.1) is 17.7 Å². The van der Waals surface area contributed by atoms with E-state index in [4.69, 9.17) is 9.47 Å². The van der Waals surface area contributed by atoms with Crippen LogP contribution in [-0.2, 0) is 45.7 Å². The zero-order valence-corrected chi connectivity index (χ0v) is 28.7. The Bertz CT molecular complexity index is 1770. The Morgan fingerprint density at radius 3 is 2.64 bits per heavy atom. The van der Waals surface area contributed by atoms with Gasteiger partial charge in [0.2, 0.25) is 15.9 Å². The molecule has 1 aliphatic heterocycles. The molecule has 0 unspecified atom stereocenters. The molecule has 0 amide bonds. The Labute approximate surface area is 278 Å². The third-order valence-electron chi connectivity index (χ3n) is 8.96. The van der Waals surface area contributed by atoms with Gasteiger partial charge in [0.25, 0.3) is 0 Å². The molecule has 0 saturated heterocycles. The average molecular weight is 660 g/mol. The van der Waals surface area contributed by atoms with Gasteiger partial charge in [-0.05, 0) is 86.8 Å². The number of pyridine rings is 1. The second-order valence-electron chi connectivity index (χ2n) is 12.8. The van der Waals surface area contributed by atoms with Crippen molar-refractivity contribution in [2.24, 2.45) is 5.41 Å². The number of carbonyl (C=O) groups is 1. The van der Waals surface area contributed by atoms with Crippen LogP contribution in [0.2, 0.25) is 0 Å². The van der Waals surface area contributed by atoms with Crippen molar-refractivity contribution in [3.05, 3.63) is 101 Å². The van der Waals surface area contributed by atoms with Gasteiger partial charge in [-0.15, -0.1) is 5.10 Å². The molecule has 0 bridgehead atoms. The molecule has 0 spiro atoms. The maximum Gasteiger partial charge on any atom is 0.312 e. The molecule has 2 aromatic carbocycles. The molecule has 0 saturated carbocycles. The van der Waals surface area contributed by atoms with Crippen molar-refractivity contribution in [2.45, 2.75) is 96.9 Å². The van der Waals surface area contributed by atoms with E-state index in [0.29, 0.717) is 19.3 Å². The molecule has 0 fully saturated rings. The summed E-state index contributed by atoms with van der Waals surface area (Å²) in [5.74, 6) is -0.414. The monoisotopic (exact) mass is 659 g/mol. The summed E-state index contributed by atoms with van der Waals surface area (Å²) in [6.45, 7) is 11.2. The molecule has 0 N–H and O–H groups in total. The van der Waals surface area contributed by atoms with Gasteiger partial charge in [-0.2, -0.15) is 4.31 Å². The van der Waals surface area contributed by atoms with Gasteiger partial charge in [-0.25, -0.2) is 13.4 Å². The summed E-state index contributed by atoms with van der Waals surface area (Å²) in [6.07, 6.45) is 5.99. The lowest BCUT2D eigenvalue weighted by Crippen LogP contribution is -2.37. The van der Waals surface area contributed by atoms with Crippen LogP contribution in [0.4, 0.5) is 0 Å². The van der Waals surface area contributed by atoms with Crippen LogP contribution in [0.5, 0.6) is 5.88 Å². The van der Waals surface area contributed by atoms with Crippen LogP contribution >= 0.6 is 0 Å². The number of aromatic nitrogens is 4. The van der Waals surface area contributed by atoms with Crippen molar-refractivity contribution in [1.82, 2.24) is 24.3 Å². The summed E-state index contributed by atoms with van der Waals surface area (Å²) in [7, 11) is -3.88. The van der Waals surface area contributed by atoms with E-state index in [0.717, 1.165) is 40.9 Å². The number of carbonyl (C=O) groups excluding carboxylic acids is 1. The van der Waals surface area contributed by atoms with Crippen LogP contribution in [0.15, 0.2) is 78.0 Å². The highest BCUT2D eigenvalue weighted by molar-refractivity contribution is 7.89. The number of ether oxygens (including phenoxy) is 2. The van der Waals surface area contributed by atoms with Crippen molar-refractivity contribution in [3.8, 4) is 5.88 Å². The number of fused-ring (bicyclic) bond motifs is 1. The maximum atomic E-state index is 13.9. The minimum atomic E-state index is -3.88. The Kier molecular flexibility index (Phi) is 10.8. The van der Waals surface area contributed by atoms with Crippen LogP contribution < -0.4 is 4.74 Å². The van der Waals surface area contributed by atoms with Crippen LogP contribution in [0, 0.1) is 12.3 Å². The summed E-state index contributed by atoms with van der Waals surface area (Å²) in [4.78, 5) is 18.1. The molecular weight excluding hydrogens is 614 g/mol. The number of aryl methyl sites for hydroxylation is 3. The summed E-state index contributed by atoms with van der Waals surface area (Å²) >= 11 is 0. The van der Waals surface area contributed by atoms with E-state index in [2.05, 4.69) is 22.2 Å². The molecule has 47 heavy (non-hydrogen) atoms. The highest BCUT2D eigenvalue weighted by Gasteiger charge is 2.40. The first-order chi connectivity index (χ1) is 22.5. The molecule has 2 atom stereocenters. The van der Waals surface area contributed by atoms with Crippen molar-refractivity contribution in [2.75, 3.05) is 6.54 Å². The van der Waals surface area contributed by atoms with Gasteiger partial charge in [0.15, 0.2) is 0 Å². The van der Waals surface area contributed by atoms with E-state index in [1.54, 1.807) is 18.3 Å². The van der Waals surface area contributed by atoms with E-state index >= 15 is 0 Å². The predicted octanol–water partition coefficient (Wildman–Crippen LogP) is 6.24. The summed E-state index contributed by atoms with van der Waals surface area (Å²) in [6, 6.07) is 18.9. The first-order valence-corrected chi connectivity index (χ1v) is 17.8. The van der Waals surface area contributed by atoms with Crippen molar-refractivity contribution in [3.63, 3.8) is 0 Å². The molecule has 5 rings (SSSR count). The molecular formula is C36H45N5O5S. The van der Waals surface area contributed by atoms with Crippen molar-refractivity contribution in [1.29, 1.82) is 0 Å². The molecule has 3 heterocycles. The minimum Gasteiger partial charge on any atom is -0.472 e. The van der Waals surface area contributed by atoms with Gasteiger partial charge < -0.3 is 9.47 Å². The smallest absolute Gasteiger partial charge is 0.312 e. The van der Waals surface area contributed by atoms with Crippen molar-refractivity contribution < 1.29 is 22.7 Å². The SMILES string of the molecule is CCCn1cc(CC[C@H](c2ccc(C)c(CN3C[C@@H](CC)Oc4ncccc4S3(=O)=O)c2)C(C)(C)C(=O)OCc2ccccc2)nn1. The second kappa shape index (κ2) is 14.8. The lowest BCUT2D eigenvalue weighted by Gasteiger charge is -2.33. The molecule has 0 radical (unpaired) electrons. The Hall–Kier alpha value is -4.09. The Morgan fingerprint density at radius 1 is 1.11 bits per heavy atom. The zero-order chi connectivity index (χ0) is 33.6. The van der Waals surface area contributed by atoms with E-state index in [1.807, 2.05) is 87.1 Å². The van der Waals surface area contributed by atoms with Crippen LogP contribution in [-0.4, -0.2) is 51.3 Å². The molecule has 10 nitrogen and oxygen atoms in total. The fourth-order valence-corrected chi connectivity index (χ4v) is 7.55. The van der Waals surface area contributed by atoms with Gasteiger partial charge in [0.1, 0.15) is 17.6 Å². The maximum absolute atomic E-state index is 13.9. The fourth-order valence-electron chi connectivity index (χ4n) is 6.03.